The van der Waals surface area contributed by atoms with Crippen molar-refractivity contribution in [3.63, 3.8) is 0 Å². The van der Waals surface area contributed by atoms with E-state index in [-0.39, 0.29) is 22.9 Å². The highest BCUT2D eigenvalue weighted by Gasteiger charge is 2.16. The van der Waals surface area contributed by atoms with Crippen LogP contribution in [0.5, 0.6) is 5.75 Å². The molecule has 1 aromatic carbocycles. The number of benzene rings is 1. The molecule has 8 heteroatoms. The molecule has 1 aromatic heterocycles. The van der Waals surface area contributed by atoms with Crippen LogP contribution in [0.3, 0.4) is 0 Å². The van der Waals surface area contributed by atoms with Crippen LogP contribution >= 0.6 is 0 Å². The third-order valence-corrected chi connectivity index (χ3v) is 3.82. The molecule has 0 bridgehead atoms. The number of nitrogens with zero attached hydrogens (tertiary/aromatic N) is 1. The Hall–Kier alpha value is -2.06. The minimum absolute atomic E-state index is 0.00150. The number of anilines is 1. The number of nitrogens with one attached hydrogen (secondary N) is 1. The zero-order valence-corrected chi connectivity index (χ0v) is 10.9. The molecule has 0 unspecified atom stereocenters. The Morgan fingerprint density at radius 1 is 1.42 bits per heavy atom. The summed E-state index contributed by atoms with van der Waals surface area (Å²) in [7, 11) is -3.72. The molecule has 0 spiro atoms. The standard InChI is InChI=1S/C11H13N3O4S/c1-7-4-8(18-14-7)6-13-19(16,17)9-2-3-11(15)10(12)5-9/h2-5,13,15H,6,12H2,1H3. The smallest absolute Gasteiger partial charge is 0.241 e. The number of rotatable bonds is 4. The van der Waals surface area contributed by atoms with E-state index in [1.165, 1.54) is 18.2 Å². The highest BCUT2D eigenvalue weighted by Crippen LogP contribution is 2.23. The van der Waals surface area contributed by atoms with Crippen molar-refractivity contribution in [1.29, 1.82) is 0 Å². The number of nitrogens with two attached hydrogens (primary N) is 1. The molecule has 0 radical (unpaired) electrons. The van der Waals surface area contributed by atoms with Gasteiger partial charge in [0.15, 0.2) is 5.76 Å². The van der Waals surface area contributed by atoms with Crippen molar-refractivity contribution in [1.82, 2.24) is 9.88 Å². The average molecular weight is 283 g/mol. The van der Waals surface area contributed by atoms with Crippen LogP contribution in [0.4, 0.5) is 5.69 Å². The molecular weight excluding hydrogens is 270 g/mol. The molecule has 2 aromatic rings. The SMILES string of the molecule is Cc1cc(CNS(=O)(=O)c2ccc(O)c(N)c2)on1. The molecule has 0 aliphatic heterocycles. The summed E-state index contributed by atoms with van der Waals surface area (Å²) in [5.74, 6) is 0.248. The van der Waals surface area contributed by atoms with E-state index in [0.29, 0.717) is 11.5 Å². The van der Waals surface area contributed by atoms with Crippen LogP contribution < -0.4 is 10.5 Å². The van der Waals surface area contributed by atoms with Gasteiger partial charge in [-0.25, -0.2) is 13.1 Å². The molecule has 19 heavy (non-hydrogen) atoms. The third kappa shape index (κ3) is 3.04. The van der Waals surface area contributed by atoms with Crippen molar-refractivity contribution < 1.29 is 18.0 Å². The van der Waals surface area contributed by atoms with Gasteiger partial charge in [-0.3, -0.25) is 0 Å². The monoisotopic (exact) mass is 283 g/mol. The van der Waals surface area contributed by atoms with Gasteiger partial charge in [-0.15, -0.1) is 0 Å². The minimum Gasteiger partial charge on any atom is -0.506 e. The molecule has 0 fully saturated rings. The molecule has 0 saturated carbocycles. The van der Waals surface area contributed by atoms with Gasteiger partial charge in [0.1, 0.15) is 5.75 Å². The van der Waals surface area contributed by atoms with Gasteiger partial charge in [0.05, 0.1) is 22.8 Å². The second-order valence-electron chi connectivity index (χ2n) is 3.98. The van der Waals surface area contributed by atoms with E-state index in [4.69, 9.17) is 10.3 Å². The van der Waals surface area contributed by atoms with Crippen molar-refractivity contribution in [2.75, 3.05) is 5.73 Å². The Labute approximate surface area is 110 Å². The van der Waals surface area contributed by atoms with Crippen LogP contribution in [0.15, 0.2) is 33.7 Å². The van der Waals surface area contributed by atoms with Crippen LogP contribution in [0, 0.1) is 6.92 Å². The minimum atomic E-state index is -3.72. The van der Waals surface area contributed by atoms with E-state index >= 15 is 0 Å². The van der Waals surface area contributed by atoms with Gasteiger partial charge in [0, 0.05) is 6.07 Å². The number of aromatic hydroxyl groups is 1. The maximum Gasteiger partial charge on any atom is 0.241 e. The van der Waals surface area contributed by atoms with E-state index in [1.807, 2.05) is 0 Å². The number of aryl methyl sites for hydroxylation is 1. The maximum atomic E-state index is 12.0. The predicted molar refractivity (Wildman–Crippen MR) is 67.8 cm³/mol. The summed E-state index contributed by atoms with van der Waals surface area (Å²) in [6.45, 7) is 1.73. The fourth-order valence-electron chi connectivity index (χ4n) is 1.45. The summed E-state index contributed by atoms with van der Waals surface area (Å²) in [6.07, 6.45) is 0. The molecule has 0 saturated heterocycles. The van der Waals surface area contributed by atoms with E-state index in [9.17, 15) is 13.5 Å². The first kappa shape index (κ1) is 13.4. The highest BCUT2D eigenvalue weighted by molar-refractivity contribution is 7.89. The molecule has 0 atom stereocenters. The van der Waals surface area contributed by atoms with Crippen LogP contribution in [-0.2, 0) is 16.6 Å². The number of nitrogen functional groups attached to an aromatic ring is 1. The molecule has 0 amide bonds. The van der Waals surface area contributed by atoms with Gasteiger partial charge in [-0.05, 0) is 25.1 Å². The molecule has 4 N–H and O–H groups in total. The maximum absolute atomic E-state index is 12.0. The lowest BCUT2D eigenvalue weighted by molar-refractivity contribution is 0.377. The Kier molecular flexibility index (Phi) is 3.45. The van der Waals surface area contributed by atoms with Gasteiger partial charge in [-0.1, -0.05) is 5.16 Å². The topological polar surface area (TPSA) is 118 Å². The van der Waals surface area contributed by atoms with Crippen LogP contribution in [0.2, 0.25) is 0 Å². The molecular formula is C11H13N3O4S. The summed E-state index contributed by atoms with van der Waals surface area (Å²) >= 11 is 0. The average Bonchev–Trinajstić information content (AvgIpc) is 2.76. The molecule has 7 nitrogen and oxygen atoms in total. The lowest BCUT2D eigenvalue weighted by Crippen LogP contribution is -2.23. The number of aromatic nitrogens is 1. The normalized spacial score (nSPS) is 11.6. The summed E-state index contributed by atoms with van der Waals surface area (Å²) in [5.41, 5.74) is 6.13. The first-order valence-corrected chi connectivity index (χ1v) is 6.87. The zero-order valence-electron chi connectivity index (χ0n) is 10.1. The van der Waals surface area contributed by atoms with E-state index in [1.54, 1.807) is 13.0 Å². The third-order valence-electron chi connectivity index (χ3n) is 2.42. The van der Waals surface area contributed by atoms with Gasteiger partial charge < -0.3 is 15.4 Å². The van der Waals surface area contributed by atoms with Crippen LogP contribution in [0.1, 0.15) is 11.5 Å². The number of sulfonamides is 1. The Bertz CT molecular complexity index is 694. The Morgan fingerprint density at radius 3 is 2.74 bits per heavy atom. The Morgan fingerprint density at radius 2 is 2.16 bits per heavy atom. The second-order valence-corrected chi connectivity index (χ2v) is 5.75. The number of hydrogen-bond donors (Lipinski definition) is 3. The summed E-state index contributed by atoms with van der Waals surface area (Å²) < 4.78 is 31.2. The zero-order chi connectivity index (χ0) is 14.0. The van der Waals surface area contributed by atoms with Gasteiger partial charge in [-0.2, -0.15) is 0 Å². The molecule has 1 heterocycles. The summed E-state index contributed by atoms with van der Waals surface area (Å²) in [5, 5.41) is 12.9. The van der Waals surface area contributed by atoms with Crippen LogP contribution in [-0.4, -0.2) is 18.7 Å². The lowest BCUT2D eigenvalue weighted by Gasteiger charge is -2.06. The van der Waals surface area contributed by atoms with Crippen molar-refractivity contribution in [3.05, 3.63) is 35.7 Å². The number of phenols is 1. The van der Waals surface area contributed by atoms with Crippen LogP contribution in [0.25, 0.3) is 0 Å². The van der Waals surface area contributed by atoms with E-state index < -0.39 is 10.0 Å². The molecule has 2 rings (SSSR count). The van der Waals surface area contributed by atoms with Crippen molar-refractivity contribution in [3.8, 4) is 5.75 Å². The largest absolute Gasteiger partial charge is 0.506 e. The number of phenolic OH excluding ortho intramolecular Hbond substituents is 1. The van der Waals surface area contributed by atoms with Gasteiger partial charge >= 0.3 is 0 Å². The van der Waals surface area contributed by atoms with Crippen molar-refractivity contribution >= 4 is 15.7 Å². The van der Waals surface area contributed by atoms with Gasteiger partial charge in [0.25, 0.3) is 0 Å². The fourth-order valence-corrected chi connectivity index (χ4v) is 2.48. The lowest BCUT2D eigenvalue weighted by atomic mass is 10.3. The van der Waals surface area contributed by atoms with E-state index in [2.05, 4.69) is 9.88 Å². The first-order chi connectivity index (χ1) is 8.88. The molecule has 0 aliphatic rings. The molecule has 102 valence electrons. The predicted octanol–water partition coefficient (Wildman–Crippen LogP) is 0.749. The van der Waals surface area contributed by atoms with Crippen molar-refractivity contribution in [2.45, 2.75) is 18.4 Å². The quantitative estimate of drug-likeness (QED) is 0.563. The molecule has 0 aliphatic carbocycles. The van der Waals surface area contributed by atoms with Gasteiger partial charge in [0.2, 0.25) is 10.0 Å². The van der Waals surface area contributed by atoms with Crippen molar-refractivity contribution in [2.24, 2.45) is 0 Å². The number of hydrogen-bond acceptors (Lipinski definition) is 6. The Balaban J connectivity index is 2.16. The summed E-state index contributed by atoms with van der Waals surface area (Å²) in [4.78, 5) is -0.0287. The summed E-state index contributed by atoms with van der Waals surface area (Å²) in [6, 6.07) is 5.30. The fraction of sp³-hybridized carbons (Fsp3) is 0.182. The second kappa shape index (κ2) is 4.90. The first-order valence-electron chi connectivity index (χ1n) is 5.39. The highest BCUT2D eigenvalue weighted by atomic mass is 32.2. The van der Waals surface area contributed by atoms with E-state index in [0.717, 1.165) is 0 Å².